The van der Waals surface area contributed by atoms with Gasteiger partial charge in [0.2, 0.25) is 0 Å². The molecule has 1 aromatic heterocycles. The van der Waals surface area contributed by atoms with Gasteiger partial charge in [-0.25, -0.2) is 0 Å². The Morgan fingerprint density at radius 2 is 2.00 bits per heavy atom. The Morgan fingerprint density at radius 1 is 1.27 bits per heavy atom. The molecule has 2 N–H and O–H groups in total. The Morgan fingerprint density at radius 3 is 2.62 bits per heavy atom. The van der Waals surface area contributed by atoms with Gasteiger partial charge in [-0.3, -0.25) is 9.67 Å². The number of nitrogens with zero attached hydrogens (tertiary/aromatic N) is 3. The molecule has 0 aliphatic rings. The Hall–Kier alpha value is -1.97. The molecule has 1 atom stereocenters. The monoisotopic (exact) mass is 473 g/mol. The van der Waals surface area contributed by atoms with Crippen molar-refractivity contribution in [1.29, 1.82) is 0 Å². The molecule has 2 aromatic rings. The van der Waals surface area contributed by atoms with Crippen LogP contribution in [0.4, 0.5) is 0 Å². The third-order valence-electron chi connectivity index (χ3n) is 3.64. The van der Waals surface area contributed by atoms with Crippen LogP contribution < -0.4 is 20.1 Å². The first kappa shape index (κ1) is 22.1. The molecule has 26 heavy (non-hydrogen) atoms. The molecule has 0 saturated carbocycles. The second-order valence-electron chi connectivity index (χ2n) is 5.73. The fraction of sp³-hybridized carbons (Fsp3) is 0.444. The highest BCUT2D eigenvalue weighted by Crippen LogP contribution is 2.26. The largest absolute Gasteiger partial charge is 0.493 e. The Balaban J connectivity index is 0.00000338. The summed E-state index contributed by atoms with van der Waals surface area (Å²) < 4.78 is 13.0. The van der Waals surface area contributed by atoms with E-state index in [1.165, 1.54) is 5.56 Å². The van der Waals surface area contributed by atoms with Crippen LogP contribution in [0.2, 0.25) is 0 Å². The molecule has 1 aromatic carbocycles. The standard InChI is InChI=1S/C18H27N5O2.HI/c1-14(25-17-8-6-5-7-16(17)24-4)11-21-18(19-2)20-10-9-15-12-22-23(3)13-15;/h5-8,12-14H,9-11H2,1-4H3,(H2,19,20,21);1H. The van der Waals surface area contributed by atoms with E-state index >= 15 is 0 Å². The van der Waals surface area contributed by atoms with Crippen LogP contribution in [0.15, 0.2) is 41.7 Å². The highest BCUT2D eigenvalue weighted by Gasteiger charge is 2.09. The van der Waals surface area contributed by atoms with Gasteiger partial charge in [0.05, 0.1) is 19.9 Å². The van der Waals surface area contributed by atoms with Gasteiger partial charge in [-0.1, -0.05) is 12.1 Å². The van der Waals surface area contributed by atoms with Crippen LogP contribution in [0, 0.1) is 0 Å². The summed E-state index contributed by atoms with van der Waals surface area (Å²) in [7, 11) is 5.31. The maximum absolute atomic E-state index is 5.93. The molecular formula is C18H28IN5O2. The van der Waals surface area contributed by atoms with Crippen LogP contribution in [-0.2, 0) is 13.5 Å². The van der Waals surface area contributed by atoms with Crippen LogP contribution in [0.25, 0.3) is 0 Å². The molecule has 0 spiro atoms. The van der Waals surface area contributed by atoms with E-state index in [4.69, 9.17) is 9.47 Å². The van der Waals surface area contributed by atoms with Crippen molar-refractivity contribution in [3.63, 3.8) is 0 Å². The first-order chi connectivity index (χ1) is 12.1. The van der Waals surface area contributed by atoms with Gasteiger partial charge < -0.3 is 20.1 Å². The van der Waals surface area contributed by atoms with Gasteiger partial charge in [0.15, 0.2) is 17.5 Å². The maximum atomic E-state index is 5.93. The van der Waals surface area contributed by atoms with E-state index in [2.05, 4.69) is 20.7 Å². The quantitative estimate of drug-likeness (QED) is 0.350. The lowest BCUT2D eigenvalue weighted by molar-refractivity contribution is 0.213. The molecule has 0 aliphatic heterocycles. The topological polar surface area (TPSA) is 72.7 Å². The Kier molecular flexibility index (Phi) is 9.85. The number of aryl methyl sites for hydroxylation is 1. The fourth-order valence-electron chi connectivity index (χ4n) is 2.36. The summed E-state index contributed by atoms with van der Waals surface area (Å²) in [5, 5.41) is 10.7. The molecule has 0 saturated heterocycles. The lowest BCUT2D eigenvalue weighted by Crippen LogP contribution is -2.42. The first-order valence-corrected chi connectivity index (χ1v) is 8.34. The molecule has 8 heteroatoms. The molecule has 7 nitrogen and oxygen atoms in total. The van der Waals surface area contributed by atoms with Gasteiger partial charge in [-0.05, 0) is 31.0 Å². The average Bonchev–Trinajstić information content (AvgIpc) is 3.03. The number of hydrogen-bond acceptors (Lipinski definition) is 4. The van der Waals surface area contributed by atoms with Gasteiger partial charge in [0.1, 0.15) is 6.10 Å². The van der Waals surface area contributed by atoms with E-state index in [0.717, 1.165) is 30.4 Å². The number of halogens is 1. The highest BCUT2D eigenvalue weighted by atomic mass is 127. The summed E-state index contributed by atoms with van der Waals surface area (Å²) in [6.45, 7) is 3.42. The van der Waals surface area contributed by atoms with Crippen molar-refractivity contribution in [1.82, 2.24) is 20.4 Å². The lowest BCUT2D eigenvalue weighted by Gasteiger charge is -2.19. The summed E-state index contributed by atoms with van der Waals surface area (Å²) in [5.74, 6) is 2.21. The molecule has 0 bridgehead atoms. The smallest absolute Gasteiger partial charge is 0.191 e. The number of guanidine groups is 1. The van der Waals surface area contributed by atoms with Crippen molar-refractivity contribution in [3.8, 4) is 11.5 Å². The number of hydrogen-bond donors (Lipinski definition) is 2. The molecule has 0 radical (unpaired) electrons. The molecule has 2 rings (SSSR count). The summed E-state index contributed by atoms with van der Waals surface area (Å²) in [6, 6.07) is 7.63. The van der Waals surface area contributed by atoms with Crippen LogP contribution in [0.3, 0.4) is 0 Å². The normalized spacial score (nSPS) is 12.1. The molecule has 1 unspecified atom stereocenters. The first-order valence-electron chi connectivity index (χ1n) is 8.34. The van der Waals surface area contributed by atoms with E-state index in [0.29, 0.717) is 6.54 Å². The summed E-state index contributed by atoms with van der Waals surface area (Å²) in [4.78, 5) is 4.23. The van der Waals surface area contributed by atoms with E-state index in [1.54, 1.807) is 18.8 Å². The van der Waals surface area contributed by atoms with Gasteiger partial charge >= 0.3 is 0 Å². The van der Waals surface area contributed by atoms with Crippen molar-refractivity contribution in [2.24, 2.45) is 12.0 Å². The zero-order valence-corrected chi connectivity index (χ0v) is 18.1. The molecule has 0 amide bonds. The number of rotatable bonds is 8. The van der Waals surface area contributed by atoms with Gasteiger partial charge in [0.25, 0.3) is 0 Å². The summed E-state index contributed by atoms with van der Waals surface area (Å²) >= 11 is 0. The number of ether oxygens (including phenoxy) is 2. The zero-order chi connectivity index (χ0) is 18.1. The predicted molar refractivity (Wildman–Crippen MR) is 115 cm³/mol. The van der Waals surface area contributed by atoms with E-state index in [-0.39, 0.29) is 30.1 Å². The van der Waals surface area contributed by atoms with E-state index in [9.17, 15) is 0 Å². The third-order valence-corrected chi connectivity index (χ3v) is 3.64. The lowest BCUT2D eigenvalue weighted by atomic mass is 10.2. The Bertz CT molecular complexity index is 690. The van der Waals surface area contributed by atoms with Gasteiger partial charge in [-0.2, -0.15) is 5.10 Å². The second kappa shape index (κ2) is 11.6. The van der Waals surface area contributed by atoms with E-state index in [1.807, 2.05) is 50.6 Å². The second-order valence-corrected chi connectivity index (χ2v) is 5.73. The predicted octanol–water partition coefficient (Wildman–Crippen LogP) is 2.22. The van der Waals surface area contributed by atoms with Crippen LogP contribution in [0.1, 0.15) is 12.5 Å². The molecule has 0 aliphatic carbocycles. The highest BCUT2D eigenvalue weighted by molar-refractivity contribution is 14.0. The minimum atomic E-state index is -0.0341. The molecule has 0 fully saturated rings. The zero-order valence-electron chi connectivity index (χ0n) is 15.7. The SMILES string of the molecule is CN=C(NCCc1cnn(C)c1)NCC(C)Oc1ccccc1OC.I. The molecule has 144 valence electrons. The molecule has 1 heterocycles. The van der Waals surface area contributed by atoms with Crippen molar-refractivity contribution < 1.29 is 9.47 Å². The van der Waals surface area contributed by atoms with Crippen molar-refractivity contribution in [3.05, 3.63) is 42.2 Å². The maximum Gasteiger partial charge on any atom is 0.191 e. The number of aliphatic imine (C=N–C) groups is 1. The van der Waals surface area contributed by atoms with Crippen LogP contribution in [0.5, 0.6) is 11.5 Å². The van der Waals surface area contributed by atoms with Crippen LogP contribution >= 0.6 is 24.0 Å². The third kappa shape index (κ3) is 7.11. The average molecular weight is 473 g/mol. The number of methoxy groups -OCH3 is 1. The number of para-hydroxylation sites is 2. The van der Waals surface area contributed by atoms with Crippen molar-refractivity contribution in [2.45, 2.75) is 19.4 Å². The summed E-state index contributed by atoms with van der Waals surface area (Å²) in [6.07, 6.45) is 4.75. The summed E-state index contributed by atoms with van der Waals surface area (Å²) in [5.41, 5.74) is 1.19. The van der Waals surface area contributed by atoms with Crippen molar-refractivity contribution in [2.75, 3.05) is 27.2 Å². The molecular weight excluding hydrogens is 445 g/mol. The number of benzene rings is 1. The minimum absolute atomic E-state index is 0. The van der Waals surface area contributed by atoms with Gasteiger partial charge in [-0.15, -0.1) is 24.0 Å². The van der Waals surface area contributed by atoms with Gasteiger partial charge in [0, 0.05) is 26.8 Å². The number of nitrogens with one attached hydrogen (secondary N) is 2. The number of aromatic nitrogens is 2. The van der Waals surface area contributed by atoms with Crippen LogP contribution in [-0.4, -0.2) is 49.1 Å². The van der Waals surface area contributed by atoms with E-state index < -0.39 is 0 Å². The van der Waals surface area contributed by atoms with Crippen molar-refractivity contribution >= 4 is 29.9 Å². The fourth-order valence-corrected chi connectivity index (χ4v) is 2.36. The Labute approximate surface area is 172 Å². The minimum Gasteiger partial charge on any atom is -0.493 e.